The van der Waals surface area contributed by atoms with Crippen LogP contribution in [-0.4, -0.2) is 23.4 Å². The first-order valence-electron chi connectivity index (χ1n) is 7.15. The number of piperazine rings is 1. The third-order valence-corrected chi connectivity index (χ3v) is 3.81. The molecule has 0 aromatic heterocycles. The molecule has 1 atom stereocenters. The monoisotopic (exact) mass is 274 g/mol. The number of hydrogen-bond donors (Lipinski definition) is 1. The lowest BCUT2D eigenvalue weighted by Crippen LogP contribution is -2.68. The molecule has 108 valence electrons. The second-order valence-electron chi connectivity index (χ2n) is 5.73. The van der Waals surface area contributed by atoms with Crippen LogP contribution in [-0.2, 0) is 16.0 Å². The Labute approximate surface area is 120 Å². The van der Waals surface area contributed by atoms with Gasteiger partial charge in [0, 0.05) is 5.69 Å². The van der Waals surface area contributed by atoms with Crippen LogP contribution in [0.15, 0.2) is 24.3 Å². The largest absolute Gasteiger partial charge is 0.340 e. The van der Waals surface area contributed by atoms with Crippen LogP contribution in [0.2, 0.25) is 0 Å². The summed E-state index contributed by atoms with van der Waals surface area (Å²) < 4.78 is 0. The van der Waals surface area contributed by atoms with Crippen molar-refractivity contribution >= 4 is 17.5 Å². The van der Waals surface area contributed by atoms with Crippen molar-refractivity contribution in [3.63, 3.8) is 0 Å². The molecule has 2 rings (SSSR count). The van der Waals surface area contributed by atoms with E-state index in [4.69, 9.17) is 0 Å². The molecule has 1 aromatic carbocycles. The Morgan fingerprint density at radius 2 is 1.75 bits per heavy atom. The van der Waals surface area contributed by atoms with Gasteiger partial charge >= 0.3 is 0 Å². The lowest BCUT2D eigenvalue weighted by molar-refractivity contribution is -0.137. The summed E-state index contributed by atoms with van der Waals surface area (Å²) in [7, 11) is 0. The van der Waals surface area contributed by atoms with Gasteiger partial charge in [0.15, 0.2) is 0 Å². The molecule has 0 spiro atoms. The number of carbonyl (C=O) groups is 2. The molecular formula is C16H22N2O2. The molecule has 1 unspecified atom stereocenters. The number of rotatable bonds is 3. The van der Waals surface area contributed by atoms with Crippen LogP contribution >= 0.6 is 0 Å². The molecule has 1 heterocycles. The molecule has 0 bridgehead atoms. The van der Waals surface area contributed by atoms with Gasteiger partial charge in [-0.3, -0.25) is 14.5 Å². The number of benzene rings is 1. The van der Waals surface area contributed by atoms with Crippen molar-refractivity contribution in [3.8, 4) is 0 Å². The first-order chi connectivity index (χ1) is 9.40. The molecule has 2 amide bonds. The molecule has 1 N–H and O–H groups in total. The third kappa shape index (κ3) is 2.42. The summed E-state index contributed by atoms with van der Waals surface area (Å²) in [6.07, 6.45) is 1.56. The van der Waals surface area contributed by atoms with E-state index in [0.717, 1.165) is 12.1 Å². The van der Waals surface area contributed by atoms with E-state index in [9.17, 15) is 9.59 Å². The molecule has 0 saturated carbocycles. The summed E-state index contributed by atoms with van der Waals surface area (Å²) in [6, 6.07) is 7.44. The molecule has 1 saturated heterocycles. The van der Waals surface area contributed by atoms with Crippen LogP contribution in [0.1, 0.15) is 39.7 Å². The predicted molar refractivity (Wildman–Crippen MR) is 79.6 cm³/mol. The predicted octanol–water partition coefficient (Wildman–Crippen LogP) is 2.27. The van der Waals surface area contributed by atoms with Gasteiger partial charge in [0.05, 0.1) is 0 Å². The summed E-state index contributed by atoms with van der Waals surface area (Å²) in [5.41, 5.74) is 1.16. The fourth-order valence-electron chi connectivity index (χ4n) is 2.56. The van der Waals surface area contributed by atoms with Gasteiger partial charge in [0.2, 0.25) is 5.91 Å². The molecule has 20 heavy (non-hydrogen) atoms. The molecule has 1 aliphatic rings. The topological polar surface area (TPSA) is 49.4 Å². The Morgan fingerprint density at radius 3 is 2.25 bits per heavy atom. The molecule has 1 aliphatic heterocycles. The van der Waals surface area contributed by atoms with Crippen molar-refractivity contribution < 1.29 is 9.59 Å². The van der Waals surface area contributed by atoms with E-state index in [1.54, 1.807) is 18.7 Å². The van der Waals surface area contributed by atoms with Gasteiger partial charge in [-0.2, -0.15) is 0 Å². The Balaban J connectivity index is 2.42. The van der Waals surface area contributed by atoms with Crippen LogP contribution in [0.3, 0.4) is 0 Å². The zero-order valence-corrected chi connectivity index (χ0v) is 12.6. The molecule has 1 fully saturated rings. The smallest absolute Gasteiger partial charge is 0.252 e. The number of carbonyl (C=O) groups excluding carboxylic acids is 2. The average molecular weight is 274 g/mol. The van der Waals surface area contributed by atoms with E-state index in [2.05, 4.69) is 12.2 Å². The third-order valence-electron chi connectivity index (χ3n) is 3.81. The van der Waals surface area contributed by atoms with Crippen LogP contribution in [0, 0.1) is 0 Å². The van der Waals surface area contributed by atoms with Gasteiger partial charge in [-0.25, -0.2) is 0 Å². The van der Waals surface area contributed by atoms with E-state index >= 15 is 0 Å². The zero-order valence-electron chi connectivity index (χ0n) is 12.6. The lowest BCUT2D eigenvalue weighted by atomic mass is 9.95. The van der Waals surface area contributed by atoms with Gasteiger partial charge in [0.25, 0.3) is 5.91 Å². The van der Waals surface area contributed by atoms with Crippen molar-refractivity contribution in [2.24, 2.45) is 0 Å². The van der Waals surface area contributed by atoms with Crippen LogP contribution in [0.4, 0.5) is 5.69 Å². The summed E-state index contributed by atoms with van der Waals surface area (Å²) in [6.45, 7) is 7.49. The van der Waals surface area contributed by atoms with E-state index < -0.39 is 11.6 Å². The summed E-state index contributed by atoms with van der Waals surface area (Å²) in [5, 5.41) is 2.80. The fraction of sp³-hybridized carbons (Fsp3) is 0.500. The zero-order chi connectivity index (χ0) is 14.9. The Bertz CT molecular complexity index is 520. The first kappa shape index (κ1) is 14.6. The van der Waals surface area contributed by atoms with Gasteiger partial charge in [-0.05, 0) is 44.4 Å². The summed E-state index contributed by atoms with van der Waals surface area (Å²) >= 11 is 0. The second kappa shape index (κ2) is 5.27. The minimum Gasteiger partial charge on any atom is -0.340 e. The number of aryl methyl sites for hydroxylation is 1. The molecule has 0 radical (unpaired) electrons. The first-order valence-corrected chi connectivity index (χ1v) is 7.15. The minimum absolute atomic E-state index is 0.0619. The highest BCUT2D eigenvalue weighted by Crippen LogP contribution is 2.27. The quantitative estimate of drug-likeness (QED) is 0.919. The maximum absolute atomic E-state index is 12.6. The normalized spacial score (nSPS) is 21.8. The van der Waals surface area contributed by atoms with E-state index in [0.29, 0.717) is 6.42 Å². The molecule has 1 aromatic rings. The van der Waals surface area contributed by atoms with E-state index in [-0.39, 0.29) is 11.8 Å². The summed E-state index contributed by atoms with van der Waals surface area (Å²) in [5.74, 6) is -0.148. The second-order valence-corrected chi connectivity index (χ2v) is 5.73. The van der Waals surface area contributed by atoms with Gasteiger partial charge in [-0.15, -0.1) is 0 Å². The minimum atomic E-state index is -0.855. The number of nitrogens with zero attached hydrogens (tertiary/aromatic N) is 1. The molecule has 4 heteroatoms. The number of nitrogens with one attached hydrogen (secondary N) is 1. The maximum Gasteiger partial charge on any atom is 0.252 e. The maximum atomic E-state index is 12.6. The van der Waals surface area contributed by atoms with Crippen molar-refractivity contribution in [1.29, 1.82) is 0 Å². The van der Waals surface area contributed by atoms with Crippen LogP contribution in [0.5, 0.6) is 0 Å². The highest BCUT2D eigenvalue weighted by atomic mass is 16.2. The number of anilines is 1. The van der Waals surface area contributed by atoms with Crippen molar-refractivity contribution in [3.05, 3.63) is 29.8 Å². The van der Waals surface area contributed by atoms with E-state index in [1.807, 2.05) is 31.2 Å². The van der Waals surface area contributed by atoms with E-state index in [1.165, 1.54) is 5.56 Å². The highest BCUT2D eigenvalue weighted by Gasteiger charge is 2.45. The van der Waals surface area contributed by atoms with Crippen LogP contribution in [0.25, 0.3) is 0 Å². The fourth-order valence-corrected chi connectivity index (χ4v) is 2.56. The van der Waals surface area contributed by atoms with Gasteiger partial charge < -0.3 is 5.32 Å². The molecule has 4 nitrogen and oxygen atoms in total. The highest BCUT2D eigenvalue weighted by molar-refractivity contribution is 6.10. The molecule has 0 aliphatic carbocycles. The Hall–Kier alpha value is -1.84. The van der Waals surface area contributed by atoms with Crippen molar-refractivity contribution in [1.82, 2.24) is 5.32 Å². The average Bonchev–Trinajstić information content (AvgIpc) is 2.42. The van der Waals surface area contributed by atoms with Gasteiger partial charge in [0.1, 0.15) is 11.6 Å². The SMILES string of the molecule is CCc1ccc(N2C(=O)C(C)(C)NC(=O)C2CC)cc1. The molecular weight excluding hydrogens is 252 g/mol. The lowest BCUT2D eigenvalue weighted by Gasteiger charge is -2.42. The number of amides is 2. The Kier molecular flexibility index (Phi) is 3.84. The van der Waals surface area contributed by atoms with Gasteiger partial charge in [-0.1, -0.05) is 26.0 Å². The Morgan fingerprint density at radius 1 is 1.15 bits per heavy atom. The van der Waals surface area contributed by atoms with Crippen molar-refractivity contribution in [2.45, 2.75) is 52.1 Å². The standard InChI is InChI=1S/C16H22N2O2/c1-5-11-7-9-12(10-8-11)18-13(6-2)14(19)17-16(3,4)15(18)20/h7-10,13H,5-6H2,1-4H3,(H,17,19). The summed E-state index contributed by atoms with van der Waals surface area (Å²) in [4.78, 5) is 26.5. The van der Waals surface area contributed by atoms with Crippen molar-refractivity contribution in [2.75, 3.05) is 4.90 Å². The number of hydrogen-bond acceptors (Lipinski definition) is 2. The van der Waals surface area contributed by atoms with Crippen LogP contribution < -0.4 is 10.2 Å².